The third-order valence-corrected chi connectivity index (χ3v) is 3.38. The molecule has 6 heteroatoms. The molecule has 0 saturated carbocycles. The Labute approximate surface area is 139 Å². The van der Waals surface area contributed by atoms with Crippen molar-refractivity contribution in [1.29, 1.82) is 0 Å². The van der Waals surface area contributed by atoms with E-state index in [4.69, 9.17) is 4.42 Å². The van der Waals surface area contributed by atoms with Crippen LogP contribution in [0.3, 0.4) is 0 Å². The number of rotatable bonds is 4. The lowest BCUT2D eigenvalue weighted by Gasteiger charge is -2.09. The molecule has 120 valence electrons. The number of carbonyl (C=O) groups is 1. The number of amides is 1. The van der Waals surface area contributed by atoms with Crippen LogP contribution in [0.2, 0.25) is 0 Å². The summed E-state index contributed by atoms with van der Waals surface area (Å²) in [5, 5.41) is 5.88. The van der Waals surface area contributed by atoms with Crippen LogP contribution in [0.15, 0.2) is 46.0 Å². The number of nitrogens with zero attached hydrogens (tertiary/aromatic N) is 2. The van der Waals surface area contributed by atoms with E-state index in [-0.39, 0.29) is 11.8 Å². The molecular formula is C18H16N4O2. The van der Waals surface area contributed by atoms with Crippen molar-refractivity contribution in [3.05, 3.63) is 47.9 Å². The fourth-order valence-electron chi connectivity index (χ4n) is 2.20. The van der Waals surface area contributed by atoms with Crippen molar-refractivity contribution in [1.82, 2.24) is 4.98 Å². The van der Waals surface area contributed by atoms with Gasteiger partial charge in [0.05, 0.1) is 6.20 Å². The monoisotopic (exact) mass is 320 g/mol. The van der Waals surface area contributed by atoms with E-state index in [1.165, 1.54) is 6.92 Å². The van der Waals surface area contributed by atoms with E-state index in [9.17, 15) is 4.79 Å². The van der Waals surface area contributed by atoms with E-state index in [0.29, 0.717) is 17.5 Å². The standard InChI is InChI=1S/C18H16N4O2/c1-12-5-6-15(21-13(2)23)10-16(12)22-18-20-11-17(24-18)14-4-3-8-19-9-7-14/h3-6,8,10-11,14H,1-2H3,(H,20,22)(H,21,23). The van der Waals surface area contributed by atoms with Gasteiger partial charge in [-0.1, -0.05) is 18.1 Å². The van der Waals surface area contributed by atoms with Gasteiger partial charge >= 0.3 is 0 Å². The molecule has 1 aliphatic heterocycles. The summed E-state index contributed by atoms with van der Waals surface area (Å²) in [6, 6.07) is 8.65. The average molecular weight is 320 g/mol. The lowest BCUT2D eigenvalue weighted by molar-refractivity contribution is -0.114. The maximum absolute atomic E-state index is 11.2. The summed E-state index contributed by atoms with van der Waals surface area (Å²) in [4.78, 5) is 19.3. The first-order valence-corrected chi connectivity index (χ1v) is 7.43. The number of oxazole rings is 1. The second-order valence-corrected chi connectivity index (χ2v) is 5.30. The van der Waals surface area contributed by atoms with Crippen LogP contribution in [0, 0.1) is 18.9 Å². The Morgan fingerprint density at radius 2 is 2.25 bits per heavy atom. The summed E-state index contributed by atoms with van der Waals surface area (Å²) in [5.74, 6) is 3.32. The minimum absolute atomic E-state index is 0.121. The van der Waals surface area contributed by atoms with Crippen LogP contribution in [0.1, 0.15) is 24.2 Å². The SMILES string of the molecule is CC(=O)Nc1ccc(C)c(Nc2ncc(C3C#CN=CC=C3)o2)c1. The van der Waals surface area contributed by atoms with Crippen LogP contribution in [-0.2, 0) is 4.79 Å². The topological polar surface area (TPSA) is 79.5 Å². The van der Waals surface area contributed by atoms with E-state index in [0.717, 1.165) is 11.3 Å². The highest BCUT2D eigenvalue weighted by Crippen LogP contribution is 2.26. The Bertz CT molecular complexity index is 884. The van der Waals surface area contributed by atoms with Crippen molar-refractivity contribution in [2.24, 2.45) is 4.99 Å². The molecule has 6 nitrogen and oxygen atoms in total. The Balaban J connectivity index is 1.79. The average Bonchev–Trinajstić information content (AvgIpc) is 2.83. The molecule has 24 heavy (non-hydrogen) atoms. The van der Waals surface area contributed by atoms with Gasteiger partial charge in [-0.3, -0.25) is 4.79 Å². The zero-order chi connectivity index (χ0) is 16.9. The van der Waals surface area contributed by atoms with Crippen LogP contribution in [0.4, 0.5) is 17.4 Å². The molecule has 1 aliphatic rings. The number of nitrogens with one attached hydrogen (secondary N) is 2. The van der Waals surface area contributed by atoms with Crippen LogP contribution < -0.4 is 10.6 Å². The fraction of sp³-hybridized carbons (Fsp3) is 0.167. The van der Waals surface area contributed by atoms with Crippen molar-refractivity contribution in [3.63, 3.8) is 0 Å². The van der Waals surface area contributed by atoms with Gasteiger partial charge in [0.1, 0.15) is 11.7 Å². The summed E-state index contributed by atoms with van der Waals surface area (Å²) in [7, 11) is 0. The summed E-state index contributed by atoms with van der Waals surface area (Å²) >= 11 is 0. The van der Waals surface area contributed by atoms with Crippen molar-refractivity contribution in [3.8, 4) is 12.0 Å². The highest BCUT2D eigenvalue weighted by molar-refractivity contribution is 5.89. The molecular weight excluding hydrogens is 304 g/mol. The molecule has 0 saturated heterocycles. The van der Waals surface area contributed by atoms with Crippen molar-refractivity contribution in [2.45, 2.75) is 19.8 Å². The second-order valence-electron chi connectivity index (χ2n) is 5.30. The highest BCUT2D eigenvalue weighted by atomic mass is 16.4. The Kier molecular flexibility index (Phi) is 4.43. The van der Waals surface area contributed by atoms with Crippen LogP contribution in [0.5, 0.6) is 0 Å². The number of hydrogen-bond acceptors (Lipinski definition) is 5. The molecule has 1 amide bonds. The number of allylic oxidation sites excluding steroid dienone is 2. The number of anilines is 3. The van der Waals surface area contributed by atoms with Crippen LogP contribution in [0.25, 0.3) is 0 Å². The summed E-state index contributed by atoms with van der Waals surface area (Å²) in [5.41, 5.74) is 2.52. The van der Waals surface area contributed by atoms with E-state index >= 15 is 0 Å². The zero-order valence-electron chi connectivity index (χ0n) is 13.3. The number of aromatic nitrogens is 1. The van der Waals surface area contributed by atoms with Crippen LogP contribution in [-0.4, -0.2) is 17.1 Å². The molecule has 2 aromatic rings. The van der Waals surface area contributed by atoms with Crippen molar-refractivity contribution >= 4 is 29.5 Å². The quantitative estimate of drug-likeness (QED) is 0.847. The van der Waals surface area contributed by atoms with Crippen LogP contribution >= 0.6 is 0 Å². The molecule has 0 bridgehead atoms. The lowest BCUT2D eigenvalue weighted by Crippen LogP contribution is -2.06. The fourth-order valence-corrected chi connectivity index (χ4v) is 2.20. The molecule has 1 unspecified atom stereocenters. The zero-order valence-corrected chi connectivity index (χ0v) is 13.3. The van der Waals surface area contributed by atoms with E-state index in [2.05, 4.69) is 32.6 Å². The van der Waals surface area contributed by atoms with Gasteiger partial charge in [-0.2, -0.15) is 0 Å². The molecule has 0 aliphatic carbocycles. The first kappa shape index (κ1) is 15.6. The summed E-state index contributed by atoms with van der Waals surface area (Å²) in [6.45, 7) is 3.43. The molecule has 1 aromatic heterocycles. The van der Waals surface area contributed by atoms with Gasteiger partial charge in [-0.15, -0.1) is 0 Å². The normalized spacial score (nSPS) is 15.3. The highest BCUT2D eigenvalue weighted by Gasteiger charge is 2.13. The third kappa shape index (κ3) is 3.70. The predicted molar refractivity (Wildman–Crippen MR) is 93.4 cm³/mol. The molecule has 0 spiro atoms. The Morgan fingerprint density at radius 3 is 3.08 bits per heavy atom. The number of aliphatic imine (C=N–C) groups is 1. The number of aryl methyl sites for hydroxylation is 1. The molecule has 1 aromatic carbocycles. The van der Waals surface area contributed by atoms with Gasteiger partial charge in [0.25, 0.3) is 6.01 Å². The number of hydrogen-bond donors (Lipinski definition) is 2. The van der Waals surface area contributed by atoms with Gasteiger partial charge in [0.15, 0.2) is 0 Å². The largest absolute Gasteiger partial charge is 0.427 e. The van der Waals surface area contributed by atoms with Gasteiger partial charge in [-0.05, 0) is 30.7 Å². The van der Waals surface area contributed by atoms with E-state index < -0.39 is 0 Å². The molecule has 0 fully saturated rings. The smallest absolute Gasteiger partial charge is 0.299 e. The first-order chi connectivity index (χ1) is 11.6. The Hall–Kier alpha value is -3.33. The third-order valence-electron chi connectivity index (χ3n) is 3.38. The van der Waals surface area contributed by atoms with Gasteiger partial charge in [-0.25, -0.2) is 9.98 Å². The number of benzene rings is 1. The van der Waals surface area contributed by atoms with Gasteiger partial charge in [0.2, 0.25) is 5.91 Å². The van der Waals surface area contributed by atoms with Crippen molar-refractivity contribution < 1.29 is 9.21 Å². The molecule has 1 atom stereocenters. The van der Waals surface area contributed by atoms with Gasteiger partial charge in [0, 0.05) is 30.6 Å². The maximum Gasteiger partial charge on any atom is 0.299 e. The van der Waals surface area contributed by atoms with E-state index in [1.54, 1.807) is 12.4 Å². The maximum atomic E-state index is 11.2. The molecule has 3 rings (SSSR count). The minimum Gasteiger partial charge on any atom is -0.427 e. The lowest BCUT2D eigenvalue weighted by atomic mass is 10.1. The van der Waals surface area contributed by atoms with Gasteiger partial charge < -0.3 is 15.1 Å². The molecule has 2 N–H and O–H groups in total. The predicted octanol–water partition coefficient (Wildman–Crippen LogP) is 3.37. The Morgan fingerprint density at radius 1 is 1.38 bits per heavy atom. The number of carbonyl (C=O) groups excluding carboxylic acids is 1. The first-order valence-electron chi connectivity index (χ1n) is 7.43. The molecule has 0 radical (unpaired) electrons. The van der Waals surface area contributed by atoms with E-state index in [1.807, 2.05) is 37.3 Å². The minimum atomic E-state index is -0.178. The summed E-state index contributed by atoms with van der Waals surface area (Å²) in [6.07, 6.45) is 6.99. The molecule has 2 heterocycles. The van der Waals surface area contributed by atoms with Crippen molar-refractivity contribution in [2.75, 3.05) is 10.6 Å². The summed E-state index contributed by atoms with van der Waals surface area (Å²) < 4.78 is 5.74. The second kappa shape index (κ2) is 6.84.